The molecule has 0 aliphatic carbocycles. The lowest BCUT2D eigenvalue weighted by molar-refractivity contribution is -0.118. The molecule has 1 N–H and O–H groups in total. The Kier molecular flexibility index (Phi) is 7.42. The molecular weight excluding hydrogens is 425 g/mol. The fourth-order valence-electron chi connectivity index (χ4n) is 2.99. The fraction of sp³-hybridized carbons (Fsp3) is 0.182. The molecule has 29 heavy (non-hydrogen) atoms. The van der Waals surface area contributed by atoms with Gasteiger partial charge in [0.25, 0.3) is 0 Å². The molecule has 1 aromatic heterocycles. The standard InChI is InChI=1S/C22H21Cl2N3OS/c1-15-10-18(16(2)27(15)21-9-8-19(23)11-20(21)24)12-25-26-22(28)14-29-13-17-6-4-3-5-7-17/h3-12H,13-14H2,1-2H3,(H,26,28)/b25-12+. The number of amides is 1. The van der Waals surface area contributed by atoms with E-state index in [2.05, 4.69) is 10.5 Å². The smallest absolute Gasteiger partial charge is 0.250 e. The Morgan fingerprint density at radius 3 is 2.62 bits per heavy atom. The number of hydrogen-bond donors (Lipinski definition) is 1. The van der Waals surface area contributed by atoms with Crippen molar-refractivity contribution in [1.82, 2.24) is 9.99 Å². The first-order valence-corrected chi connectivity index (χ1v) is 10.9. The van der Waals surface area contributed by atoms with Crippen LogP contribution in [0.5, 0.6) is 0 Å². The minimum Gasteiger partial charge on any atom is -0.316 e. The van der Waals surface area contributed by atoms with E-state index >= 15 is 0 Å². The normalized spacial score (nSPS) is 11.2. The molecule has 0 fully saturated rings. The topological polar surface area (TPSA) is 46.4 Å². The van der Waals surface area contributed by atoms with E-state index in [1.165, 1.54) is 5.56 Å². The molecule has 0 bridgehead atoms. The van der Waals surface area contributed by atoms with Gasteiger partial charge in [0.2, 0.25) is 5.91 Å². The highest BCUT2D eigenvalue weighted by Crippen LogP contribution is 2.28. The molecule has 1 amide bonds. The lowest BCUT2D eigenvalue weighted by Gasteiger charge is -2.11. The van der Waals surface area contributed by atoms with E-state index in [-0.39, 0.29) is 5.91 Å². The lowest BCUT2D eigenvalue weighted by atomic mass is 10.2. The second kappa shape index (κ2) is 10.0. The Balaban J connectivity index is 1.60. The highest BCUT2D eigenvalue weighted by Gasteiger charge is 2.12. The lowest BCUT2D eigenvalue weighted by Crippen LogP contribution is -2.19. The molecule has 0 aliphatic rings. The summed E-state index contributed by atoms with van der Waals surface area (Å²) in [7, 11) is 0. The van der Waals surface area contributed by atoms with Crippen molar-refractivity contribution in [2.75, 3.05) is 5.75 Å². The van der Waals surface area contributed by atoms with Gasteiger partial charge in [-0.1, -0.05) is 53.5 Å². The van der Waals surface area contributed by atoms with Gasteiger partial charge in [0.1, 0.15) is 0 Å². The number of carbonyl (C=O) groups is 1. The number of carbonyl (C=O) groups excluding carboxylic acids is 1. The average Bonchev–Trinajstić information content (AvgIpc) is 2.96. The van der Waals surface area contributed by atoms with Crippen LogP contribution in [0.3, 0.4) is 0 Å². The Hall–Kier alpha value is -2.21. The molecule has 0 atom stereocenters. The van der Waals surface area contributed by atoms with Crippen molar-refractivity contribution in [3.05, 3.63) is 87.2 Å². The van der Waals surface area contributed by atoms with Gasteiger partial charge in [-0.2, -0.15) is 5.10 Å². The number of aryl methyl sites for hydroxylation is 1. The van der Waals surface area contributed by atoms with Gasteiger partial charge < -0.3 is 4.57 Å². The van der Waals surface area contributed by atoms with Crippen LogP contribution in [0.2, 0.25) is 10.0 Å². The summed E-state index contributed by atoms with van der Waals surface area (Å²) in [5, 5.41) is 5.28. The molecule has 7 heteroatoms. The third-order valence-electron chi connectivity index (χ3n) is 4.36. The third kappa shape index (κ3) is 5.66. The van der Waals surface area contributed by atoms with Crippen LogP contribution in [-0.4, -0.2) is 22.4 Å². The van der Waals surface area contributed by atoms with Gasteiger partial charge in [0, 0.05) is 27.7 Å². The fourth-order valence-corrected chi connectivity index (χ4v) is 4.27. The summed E-state index contributed by atoms with van der Waals surface area (Å²) in [5.74, 6) is 1.02. The first kappa shape index (κ1) is 21.5. The summed E-state index contributed by atoms with van der Waals surface area (Å²) in [6.07, 6.45) is 1.66. The highest BCUT2D eigenvalue weighted by atomic mass is 35.5. The molecule has 0 spiro atoms. The number of hydrazone groups is 1. The number of nitrogens with one attached hydrogen (secondary N) is 1. The van der Waals surface area contributed by atoms with E-state index in [1.54, 1.807) is 24.0 Å². The maximum absolute atomic E-state index is 12.0. The molecule has 1 heterocycles. The average molecular weight is 446 g/mol. The summed E-state index contributed by atoms with van der Waals surface area (Å²) in [6.45, 7) is 3.98. The van der Waals surface area contributed by atoms with Crippen LogP contribution in [0, 0.1) is 13.8 Å². The van der Waals surface area contributed by atoms with Gasteiger partial charge in [-0.3, -0.25) is 4.79 Å². The van der Waals surface area contributed by atoms with E-state index in [9.17, 15) is 4.79 Å². The Bertz CT molecular complexity index is 1030. The molecule has 0 saturated carbocycles. The largest absolute Gasteiger partial charge is 0.316 e. The highest BCUT2D eigenvalue weighted by molar-refractivity contribution is 7.99. The molecule has 3 rings (SSSR count). The zero-order valence-electron chi connectivity index (χ0n) is 16.2. The van der Waals surface area contributed by atoms with Gasteiger partial charge in [-0.15, -0.1) is 11.8 Å². The van der Waals surface area contributed by atoms with Crippen LogP contribution >= 0.6 is 35.0 Å². The third-order valence-corrected chi connectivity index (χ3v) is 5.90. The van der Waals surface area contributed by atoms with Gasteiger partial charge in [0.05, 0.1) is 22.7 Å². The van der Waals surface area contributed by atoms with Crippen molar-refractivity contribution >= 4 is 47.1 Å². The van der Waals surface area contributed by atoms with E-state index in [4.69, 9.17) is 23.2 Å². The van der Waals surface area contributed by atoms with Crippen LogP contribution in [0.15, 0.2) is 59.7 Å². The Labute approximate surface area is 184 Å². The number of thioether (sulfide) groups is 1. The summed E-state index contributed by atoms with van der Waals surface area (Å²) in [4.78, 5) is 12.0. The predicted octanol–water partition coefficient (Wildman–Crippen LogP) is 5.78. The SMILES string of the molecule is Cc1cc(/C=N/NC(=O)CSCc2ccccc2)c(C)n1-c1ccc(Cl)cc1Cl. The second-order valence-electron chi connectivity index (χ2n) is 6.53. The number of hydrogen-bond acceptors (Lipinski definition) is 3. The quantitative estimate of drug-likeness (QED) is 0.369. The minimum atomic E-state index is -0.128. The van der Waals surface area contributed by atoms with Gasteiger partial charge >= 0.3 is 0 Å². The Morgan fingerprint density at radius 2 is 1.90 bits per heavy atom. The van der Waals surface area contributed by atoms with E-state index in [1.807, 2.05) is 66.9 Å². The molecule has 0 unspecified atom stereocenters. The molecule has 3 aromatic rings. The zero-order chi connectivity index (χ0) is 20.8. The van der Waals surface area contributed by atoms with Crippen molar-refractivity contribution in [2.45, 2.75) is 19.6 Å². The molecule has 0 saturated heterocycles. The van der Waals surface area contributed by atoms with E-state index < -0.39 is 0 Å². The second-order valence-corrected chi connectivity index (χ2v) is 8.36. The Morgan fingerprint density at radius 1 is 1.14 bits per heavy atom. The summed E-state index contributed by atoms with van der Waals surface area (Å²) in [6, 6.07) is 17.5. The van der Waals surface area contributed by atoms with Crippen molar-refractivity contribution in [1.29, 1.82) is 0 Å². The van der Waals surface area contributed by atoms with Crippen molar-refractivity contribution in [3.8, 4) is 5.69 Å². The molecule has 0 aliphatic heterocycles. The van der Waals surface area contributed by atoms with Crippen LogP contribution in [-0.2, 0) is 10.5 Å². The van der Waals surface area contributed by atoms with Crippen LogP contribution in [0.25, 0.3) is 5.69 Å². The number of benzene rings is 2. The summed E-state index contributed by atoms with van der Waals surface area (Å²) >= 11 is 13.9. The molecular formula is C22H21Cl2N3OS. The summed E-state index contributed by atoms with van der Waals surface area (Å²) in [5.41, 5.74) is 7.53. The minimum absolute atomic E-state index is 0.128. The number of nitrogens with zero attached hydrogens (tertiary/aromatic N) is 2. The van der Waals surface area contributed by atoms with Gasteiger partial charge in [-0.25, -0.2) is 5.43 Å². The zero-order valence-corrected chi connectivity index (χ0v) is 18.5. The molecule has 4 nitrogen and oxygen atoms in total. The first-order valence-electron chi connectivity index (χ1n) is 9.03. The van der Waals surface area contributed by atoms with E-state index in [0.29, 0.717) is 15.8 Å². The molecule has 150 valence electrons. The maximum atomic E-state index is 12.0. The maximum Gasteiger partial charge on any atom is 0.250 e. The summed E-state index contributed by atoms with van der Waals surface area (Å²) < 4.78 is 2.04. The van der Waals surface area contributed by atoms with Crippen molar-refractivity contribution in [2.24, 2.45) is 5.10 Å². The predicted molar refractivity (Wildman–Crippen MR) is 124 cm³/mol. The van der Waals surface area contributed by atoms with Gasteiger partial charge in [-0.05, 0) is 43.7 Å². The van der Waals surface area contributed by atoms with Crippen LogP contribution in [0.1, 0.15) is 22.5 Å². The number of halogens is 2. The monoisotopic (exact) mass is 445 g/mol. The molecule has 0 radical (unpaired) electrons. The first-order chi connectivity index (χ1) is 14.0. The number of aromatic nitrogens is 1. The van der Waals surface area contributed by atoms with Crippen molar-refractivity contribution in [3.63, 3.8) is 0 Å². The van der Waals surface area contributed by atoms with Crippen LogP contribution < -0.4 is 5.43 Å². The number of rotatable bonds is 7. The van der Waals surface area contributed by atoms with E-state index in [0.717, 1.165) is 28.4 Å². The van der Waals surface area contributed by atoms with Crippen molar-refractivity contribution < 1.29 is 4.79 Å². The van der Waals surface area contributed by atoms with Gasteiger partial charge in [0.15, 0.2) is 0 Å². The van der Waals surface area contributed by atoms with Crippen LogP contribution in [0.4, 0.5) is 0 Å². The molecule has 2 aromatic carbocycles.